The molecule has 5 atom stereocenters. The van der Waals surface area contributed by atoms with Crippen LogP contribution in [0.15, 0.2) is 229 Å². The molecular weight excluding hydrogens is 1920 g/mol. The van der Waals surface area contributed by atoms with Crippen LogP contribution in [0.3, 0.4) is 0 Å². The van der Waals surface area contributed by atoms with Crippen molar-refractivity contribution >= 4 is 118 Å². The zero-order valence-electron chi connectivity index (χ0n) is 74.8. The van der Waals surface area contributed by atoms with Crippen LogP contribution in [-0.4, -0.2) is 201 Å². The molecular formula is C93H100ClF12N19O11S3. The molecule has 0 aromatic heterocycles. The zero-order valence-corrected chi connectivity index (χ0v) is 78.1. The standard InChI is InChI=1S/C24H23F3N4O2S.C22H22F3N5O2.C22H21F3N4O2S.C20H16F3N3O3S.C4H10O2.CH4.ClH.H3N3/c1-22(2)14-29-19(33-22)15-5-3-6-17(13-15)23(20-28-11-4-12-31(20)21(34)30-23)16-7-9-18(10-8-16)32-24(25,26)27;1-2-27-18(31)14-5-3-6-16(13-14)21(19-28-11-4-12-30(19)20(26)29-21)15-7-9-17(10-8-15)32-22(23,24)25;1-2-26-18(30)14-5-3-6-16(13-14)21(19-27-11-4-12-29(19)20(32)28-21)15-7-9-17(10-8-15)31-22(23,24)25;21-20(22,23)29-15-7-5-13(6-8-15)19(14-4-1-3-12(11-14)16(27)28)17-24-9-2-10-26(17)18(30)25-19;1-4(2,3)6-5;;;1-3-2/h3,5-10,13-14,19H,4,11-12H2,1-2H3,(H,30,34);3,5-10,13H,2,4,11-12H2,1H3,(H2,26,29)(H,27,31);3,5-10,13H,2,4,11-12H2,1H3,(H,26,30)(H,28,32);1,3-8,11H,2,9-10H2,(H,25,30)(H,27,28);5H,1-3H3;1H4;1H;(H3,1,2). The van der Waals surface area contributed by atoms with Gasteiger partial charge < -0.3 is 81.7 Å². The maximum atomic E-state index is 12.7. The van der Waals surface area contributed by atoms with Crippen LogP contribution >= 0.6 is 49.1 Å². The first-order chi connectivity index (χ1) is 64.7. The van der Waals surface area contributed by atoms with E-state index in [1.54, 1.807) is 106 Å². The van der Waals surface area contributed by atoms with Crippen molar-refractivity contribution in [2.75, 3.05) is 65.4 Å². The highest BCUT2D eigenvalue weighted by Gasteiger charge is 2.56. The summed E-state index contributed by atoms with van der Waals surface area (Å²) in [4.78, 5) is 76.0. The van der Waals surface area contributed by atoms with Gasteiger partial charge >= 0.3 is 31.4 Å². The molecule has 8 aromatic rings. The zero-order chi connectivity index (χ0) is 99.4. The number of amidine groups is 4. The minimum atomic E-state index is -4.80. The number of carboxylic acids is 1. The van der Waals surface area contributed by atoms with E-state index in [9.17, 15) is 72.2 Å². The van der Waals surface area contributed by atoms with Crippen molar-refractivity contribution in [3.8, 4) is 23.0 Å². The molecule has 139 heavy (non-hydrogen) atoms. The van der Waals surface area contributed by atoms with Gasteiger partial charge in [0, 0.05) is 88.4 Å². The molecule has 46 heteroatoms. The number of halogens is 13. The number of aromatic carboxylic acids is 1. The highest BCUT2D eigenvalue weighted by Crippen LogP contribution is 2.47. The van der Waals surface area contributed by atoms with Crippen molar-refractivity contribution in [2.24, 2.45) is 46.8 Å². The van der Waals surface area contributed by atoms with Gasteiger partial charge in [0.25, 0.3) is 11.8 Å². The molecule has 0 radical (unpaired) electrons. The third-order valence-corrected chi connectivity index (χ3v) is 22.9. The number of fused-ring (bicyclic) bond motifs is 4. The van der Waals surface area contributed by atoms with Crippen LogP contribution in [0, 0.1) is 5.53 Å². The predicted molar refractivity (Wildman–Crippen MR) is 511 cm³/mol. The lowest BCUT2D eigenvalue weighted by molar-refractivity contribution is -0.306. The van der Waals surface area contributed by atoms with E-state index in [1.165, 1.54) is 84.9 Å². The molecule has 2 amide bonds. The molecule has 3 saturated heterocycles. The van der Waals surface area contributed by atoms with E-state index < -0.39 is 71.0 Å². The maximum Gasteiger partial charge on any atom is 0.573 e. The van der Waals surface area contributed by atoms with E-state index in [1.807, 2.05) is 77.6 Å². The van der Waals surface area contributed by atoms with E-state index in [2.05, 4.69) is 76.5 Å². The number of carboxylic acid groups (broad SMARTS) is 1. The average Bonchev–Trinajstić information content (AvgIpc) is 1.57. The van der Waals surface area contributed by atoms with Crippen LogP contribution in [0.5, 0.6) is 23.0 Å². The fraction of sp³-hybridized carbons (Fsp3) is 0.355. The Labute approximate surface area is 813 Å². The Morgan fingerprint density at radius 3 is 1.12 bits per heavy atom. The second-order valence-corrected chi connectivity index (χ2v) is 34.1. The van der Waals surface area contributed by atoms with Gasteiger partial charge in [-0.2, -0.15) is 5.53 Å². The van der Waals surface area contributed by atoms with Crippen LogP contribution in [0.2, 0.25) is 0 Å². The van der Waals surface area contributed by atoms with Crippen molar-refractivity contribution in [3.63, 3.8) is 0 Å². The van der Waals surface area contributed by atoms with Gasteiger partial charge in [-0.05, 0) is 246 Å². The van der Waals surface area contributed by atoms with Gasteiger partial charge in [0.05, 0.1) is 11.2 Å². The Hall–Kier alpha value is -13.2. The molecule has 9 heterocycles. The number of ether oxygens (including phenoxy) is 5. The van der Waals surface area contributed by atoms with Crippen molar-refractivity contribution in [3.05, 3.63) is 261 Å². The van der Waals surface area contributed by atoms with Crippen molar-refractivity contribution in [1.29, 1.82) is 5.53 Å². The van der Waals surface area contributed by atoms with Crippen molar-refractivity contribution in [2.45, 2.75) is 147 Å². The van der Waals surface area contributed by atoms with Crippen LogP contribution < -0.4 is 57.1 Å². The van der Waals surface area contributed by atoms with E-state index in [0.717, 1.165) is 42.6 Å². The van der Waals surface area contributed by atoms with Gasteiger partial charge in [-0.1, -0.05) is 116 Å². The summed E-state index contributed by atoms with van der Waals surface area (Å²) in [5.41, 5.74) is 13.7. The minimum absolute atomic E-state index is 0. The maximum absolute atomic E-state index is 12.7. The Kier molecular flexibility index (Phi) is 34.4. The first-order valence-electron chi connectivity index (χ1n) is 42.6. The highest BCUT2D eigenvalue weighted by atomic mass is 35.5. The summed E-state index contributed by atoms with van der Waals surface area (Å²) >= 11 is 16.7. The average molecular weight is 2020 g/mol. The molecule has 9 aliphatic heterocycles. The van der Waals surface area contributed by atoms with Crippen molar-refractivity contribution < 1.29 is 106 Å². The molecule has 3 fully saturated rings. The molecule has 0 bridgehead atoms. The summed E-state index contributed by atoms with van der Waals surface area (Å²) < 4.78 is 174. The minimum Gasteiger partial charge on any atom is -0.478 e. The number of hydrogen-bond donors (Lipinski definition) is 10. The summed E-state index contributed by atoms with van der Waals surface area (Å²) in [6, 6.07) is 50.5. The first-order valence-corrected chi connectivity index (χ1v) is 43.9. The Bertz CT molecular complexity index is 5980. The SMILES string of the molecule is C.CC(C)(C)OO.CC1(C)C=NC(c2cccc(C3(c4ccc(OC(F)(F)F)cc4)NC(=S)N4CCCN=C43)c2)O1.CCNC(=O)c1cccc(C2(c3ccc(OC(F)(F)F)cc3)N=C(N)N3CCCN=C32)c1.CCNC(=O)c1cccc(C2(c3ccc(OC(F)(F)F)cc3)NC(=S)N3CCCN=C32)c1.Cl.N=NN.O=C(O)c1cccc(C2(c3ccc(OC(F)(F)F)cc3)NC(=S)N3CCCN=C32)c1. The number of carbonyl (C=O) groups excluding carboxylic acids is 2. The molecule has 5 unspecified atom stereocenters. The highest BCUT2D eigenvalue weighted by molar-refractivity contribution is 7.80. The molecule has 742 valence electrons. The molecule has 0 spiro atoms. The molecule has 0 aliphatic carbocycles. The van der Waals surface area contributed by atoms with E-state index in [0.29, 0.717) is 148 Å². The molecule has 12 N–H and O–H groups in total. The lowest BCUT2D eigenvalue weighted by Crippen LogP contribution is -2.46. The second kappa shape index (κ2) is 44.3. The Morgan fingerprint density at radius 2 is 0.791 bits per heavy atom. The van der Waals surface area contributed by atoms with Crippen LogP contribution in [0.1, 0.15) is 169 Å². The molecule has 0 saturated carbocycles. The lowest BCUT2D eigenvalue weighted by atomic mass is 9.81. The summed E-state index contributed by atoms with van der Waals surface area (Å²) in [6.07, 6.45) is -14.5. The number of nitrogens with two attached hydrogens (primary N) is 2. The second-order valence-electron chi connectivity index (χ2n) is 32.9. The summed E-state index contributed by atoms with van der Waals surface area (Å²) in [5, 5.41) is 36.6. The molecule has 17 rings (SSSR count). The summed E-state index contributed by atoms with van der Waals surface area (Å²) in [7, 11) is 0. The number of amides is 2. The largest absolute Gasteiger partial charge is 0.573 e. The van der Waals surface area contributed by atoms with Crippen LogP contribution in [-0.2, 0) is 31.8 Å². The molecule has 9 aliphatic rings. The van der Waals surface area contributed by atoms with Gasteiger partial charge in [-0.3, -0.25) is 44.7 Å². The van der Waals surface area contributed by atoms with Gasteiger partial charge in [0.15, 0.2) is 33.1 Å². The van der Waals surface area contributed by atoms with E-state index >= 15 is 0 Å². The number of thiocarbonyl (C=S) groups is 3. The quantitative estimate of drug-likeness (QED) is 0.00952. The van der Waals surface area contributed by atoms with Gasteiger partial charge in [0.2, 0.25) is 0 Å². The third kappa shape index (κ3) is 24.9. The lowest BCUT2D eigenvalue weighted by Gasteiger charge is -2.33. The summed E-state index contributed by atoms with van der Waals surface area (Å²) in [6.45, 7) is 18.8. The van der Waals surface area contributed by atoms with E-state index in [-0.39, 0.29) is 66.2 Å². The topological polar surface area (TPSA) is 383 Å². The Balaban J connectivity index is 0.000000184. The number of nitrogens with zero attached hydrogens (tertiary/aromatic N) is 11. The number of alkyl halides is 12. The van der Waals surface area contributed by atoms with E-state index in [4.69, 9.17) is 72.9 Å². The Morgan fingerprint density at radius 1 is 0.489 bits per heavy atom. The number of rotatable bonds is 18. The fourth-order valence-electron chi connectivity index (χ4n) is 16.4. The third-order valence-electron chi connectivity index (χ3n) is 21.9. The number of hydrogen-bond acceptors (Lipinski definition) is 23. The van der Waals surface area contributed by atoms with Crippen LogP contribution in [0.4, 0.5) is 52.7 Å². The van der Waals surface area contributed by atoms with Gasteiger partial charge in [-0.25, -0.2) is 14.7 Å². The smallest absolute Gasteiger partial charge is 0.478 e. The molecule has 8 aromatic carbocycles. The number of aliphatic imine (C=N–C) groups is 6. The molecule has 30 nitrogen and oxygen atoms in total. The normalized spacial score (nSPS) is 20.8. The summed E-state index contributed by atoms with van der Waals surface area (Å²) in [5.74, 6) is 4.09. The number of carbonyl (C=O) groups is 3. The first kappa shape index (κ1) is 108. The fourth-order valence-corrected chi connectivity index (χ4v) is 17.4. The van der Waals surface area contributed by atoms with Gasteiger partial charge in [-0.15, -0.1) is 65.1 Å². The monoisotopic (exact) mass is 2020 g/mol. The van der Waals surface area contributed by atoms with Gasteiger partial charge in [0.1, 0.15) is 68.6 Å². The number of nitrogens with one attached hydrogen (secondary N) is 6. The van der Waals surface area contributed by atoms with Crippen LogP contribution in [0.25, 0.3) is 0 Å². The predicted octanol–water partition coefficient (Wildman–Crippen LogP) is 17.0. The number of guanidine groups is 1. The van der Waals surface area contributed by atoms with Crippen molar-refractivity contribution in [1.82, 2.24) is 46.2 Å². The number of benzene rings is 8.